The van der Waals surface area contributed by atoms with Gasteiger partial charge in [0.1, 0.15) is 29.3 Å². The van der Waals surface area contributed by atoms with E-state index in [0.717, 1.165) is 35.6 Å². The third-order valence-electron chi connectivity index (χ3n) is 6.63. The second kappa shape index (κ2) is 8.56. The fourth-order valence-corrected chi connectivity index (χ4v) is 6.31. The molecule has 0 aliphatic heterocycles. The summed E-state index contributed by atoms with van der Waals surface area (Å²) >= 11 is 0. The third kappa shape index (κ3) is 4.16. The molecule has 1 aromatic carbocycles. The molecule has 4 N–H and O–H groups in total. The van der Waals surface area contributed by atoms with Gasteiger partial charge in [0.25, 0.3) is 0 Å². The molecule has 2 aliphatic carbocycles. The van der Waals surface area contributed by atoms with E-state index in [-0.39, 0.29) is 23.6 Å². The largest absolute Gasteiger partial charge is 0.489 e. The Kier molecular flexibility index (Phi) is 6.07. The quantitative estimate of drug-likeness (QED) is 0.633. The maximum atomic E-state index is 13.7. The molecule has 2 aromatic rings. The molecule has 1 aromatic heterocycles. The highest BCUT2D eigenvalue weighted by Crippen LogP contribution is 2.48. The van der Waals surface area contributed by atoms with E-state index in [1.54, 1.807) is 6.07 Å². The number of aromatic nitrogens is 2. The predicted octanol–water partition coefficient (Wildman–Crippen LogP) is 2.35. The molecule has 1 saturated carbocycles. The molecule has 0 radical (unpaired) electrons. The van der Waals surface area contributed by atoms with Crippen molar-refractivity contribution in [3.63, 3.8) is 0 Å². The standard InChI is InChI=1S/C23H30N6O3S/c1-23(2)12-17-16(20-19(23)22(26)28-13-27-20)8-9-18(32-15-6-4-14(25)5-7-15)21(17)33(30,31)29(3)11-10-24/h8-9,13-15H,4-7,11-12,25H2,1-3H3,(H2,26,27,28)/t14-,15-. The minimum Gasteiger partial charge on any atom is -0.489 e. The number of benzene rings is 1. The number of nitrogens with two attached hydrogens (primary N) is 2. The highest BCUT2D eigenvalue weighted by molar-refractivity contribution is 7.89. The molecule has 9 nitrogen and oxygen atoms in total. The average Bonchev–Trinajstić information content (AvgIpc) is 2.74. The Balaban J connectivity index is 1.92. The first kappa shape index (κ1) is 23.4. The van der Waals surface area contributed by atoms with Crippen LogP contribution in [0, 0.1) is 11.3 Å². The van der Waals surface area contributed by atoms with Gasteiger partial charge in [0.15, 0.2) is 0 Å². The van der Waals surface area contributed by atoms with E-state index < -0.39 is 15.4 Å². The number of sulfonamides is 1. The zero-order valence-corrected chi connectivity index (χ0v) is 20.0. The lowest BCUT2D eigenvalue weighted by atomic mass is 9.72. The molecule has 176 valence electrons. The van der Waals surface area contributed by atoms with Gasteiger partial charge in [0.2, 0.25) is 10.0 Å². The summed E-state index contributed by atoms with van der Waals surface area (Å²) in [4.78, 5) is 8.72. The molecule has 0 bridgehead atoms. The highest BCUT2D eigenvalue weighted by Gasteiger charge is 2.40. The molecule has 33 heavy (non-hydrogen) atoms. The van der Waals surface area contributed by atoms with Crippen LogP contribution in [0.2, 0.25) is 0 Å². The van der Waals surface area contributed by atoms with Crippen LogP contribution in [-0.4, -0.2) is 48.4 Å². The Labute approximate surface area is 194 Å². The van der Waals surface area contributed by atoms with E-state index in [2.05, 4.69) is 9.97 Å². The van der Waals surface area contributed by atoms with Crippen LogP contribution in [0.1, 0.15) is 50.7 Å². The molecule has 0 spiro atoms. The van der Waals surface area contributed by atoms with Gasteiger partial charge in [-0.15, -0.1) is 0 Å². The molecule has 0 saturated heterocycles. The SMILES string of the molecule is CN(CC#N)S(=O)(=O)c1c(O[C@H]2CC[C@H](N)CC2)ccc2c1CC(C)(C)c1c(N)ncnc1-2. The fourth-order valence-electron chi connectivity index (χ4n) is 4.91. The van der Waals surface area contributed by atoms with Gasteiger partial charge in [0.05, 0.1) is 17.9 Å². The minimum absolute atomic E-state index is 0.100. The van der Waals surface area contributed by atoms with Crippen molar-refractivity contribution in [3.8, 4) is 23.1 Å². The van der Waals surface area contributed by atoms with Gasteiger partial charge >= 0.3 is 0 Å². The third-order valence-corrected chi connectivity index (χ3v) is 8.54. The van der Waals surface area contributed by atoms with E-state index in [1.165, 1.54) is 13.4 Å². The lowest BCUT2D eigenvalue weighted by Gasteiger charge is -2.36. The van der Waals surface area contributed by atoms with Crippen molar-refractivity contribution < 1.29 is 13.2 Å². The minimum atomic E-state index is -4.01. The number of hydrogen-bond acceptors (Lipinski definition) is 8. The Morgan fingerprint density at radius 3 is 2.61 bits per heavy atom. The van der Waals surface area contributed by atoms with Gasteiger partial charge in [-0.1, -0.05) is 13.8 Å². The Morgan fingerprint density at radius 1 is 1.24 bits per heavy atom. The maximum absolute atomic E-state index is 13.7. The Bertz CT molecular complexity index is 1210. The average molecular weight is 471 g/mol. The van der Waals surface area contributed by atoms with E-state index in [0.29, 0.717) is 34.8 Å². The topological polar surface area (TPSA) is 148 Å². The lowest BCUT2D eigenvalue weighted by Crippen LogP contribution is -2.34. The number of rotatable bonds is 5. The normalized spacial score (nSPS) is 21.7. The molecule has 0 unspecified atom stereocenters. The number of fused-ring (bicyclic) bond motifs is 3. The summed E-state index contributed by atoms with van der Waals surface area (Å²) in [6, 6.07) is 5.62. The molecule has 1 fully saturated rings. The van der Waals surface area contributed by atoms with Gasteiger partial charge < -0.3 is 16.2 Å². The summed E-state index contributed by atoms with van der Waals surface area (Å²) in [5.74, 6) is 0.695. The number of hydrogen-bond donors (Lipinski definition) is 2. The number of ether oxygens (including phenoxy) is 1. The maximum Gasteiger partial charge on any atom is 0.247 e. The predicted molar refractivity (Wildman–Crippen MR) is 125 cm³/mol. The Hall–Kier alpha value is -2.74. The first-order valence-corrected chi connectivity index (χ1v) is 12.5. The van der Waals surface area contributed by atoms with Crippen LogP contribution >= 0.6 is 0 Å². The van der Waals surface area contributed by atoms with Crippen molar-refractivity contribution >= 4 is 15.8 Å². The van der Waals surface area contributed by atoms with Crippen LogP contribution in [0.25, 0.3) is 11.3 Å². The van der Waals surface area contributed by atoms with Crippen molar-refractivity contribution in [3.05, 3.63) is 29.6 Å². The lowest BCUT2D eigenvalue weighted by molar-refractivity contribution is 0.143. The van der Waals surface area contributed by atoms with Gasteiger partial charge in [-0.3, -0.25) is 0 Å². The smallest absolute Gasteiger partial charge is 0.247 e. The van der Waals surface area contributed by atoms with Crippen LogP contribution < -0.4 is 16.2 Å². The second-order valence-corrected chi connectivity index (χ2v) is 11.5. The van der Waals surface area contributed by atoms with E-state index in [1.807, 2.05) is 26.0 Å². The number of nitrogens with zero attached hydrogens (tertiary/aromatic N) is 4. The first-order chi connectivity index (χ1) is 15.6. The van der Waals surface area contributed by atoms with Gasteiger partial charge in [0, 0.05) is 24.2 Å². The highest BCUT2D eigenvalue weighted by atomic mass is 32.2. The summed E-state index contributed by atoms with van der Waals surface area (Å²) < 4.78 is 34.8. The van der Waals surface area contributed by atoms with Crippen LogP contribution in [0.4, 0.5) is 5.82 Å². The summed E-state index contributed by atoms with van der Waals surface area (Å²) in [6.07, 6.45) is 4.90. The van der Waals surface area contributed by atoms with Crippen molar-refractivity contribution in [1.29, 1.82) is 5.26 Å². The molecular formula is C23H30N6O3S. The van der Waals surface area contributed by atoms with Crippen LogP contribution in [0.5, 0.6) is 5.75 Å². The van der Waals surface area contributed by atoms with E-state index in [9.17, 15) is 8.42 Å². The molecule has 10 heteroatoms. The van der Waals surface area contributed by atoms with Crippen LogP contribution in [0.3, 0.4) is 0 Å². The summed E-state index contributed by atoms with van der Waals surface area (Å²) in [7, 11) is -2.60. The fraction of sp³-hybridized carbons (Fsp3) is 0.522. The molecule has 0 amide bonds. The molecule has 1 heterocycles. The van der Waals surface area contributed by atoms with Crippen molar-refractivity contribution in [1.82, 2.24) is 14.3 Å². The molecule has 0 atom stereocenters. The summed E-state index contributed by atoms with van der Waals surface area (Å²) in [5, 5.41) is 9.15. The zero-order chi connectivity index (χ0) is 24.0. The van der Waals surface area contributed by atoms with E-state index >= 15 is 0 Å². The van der Waals surface area contributed by atoms with Gasteiger partial charge in [-0.05, 0) is 55.2 Å². The summed E-state index contributed by atoms with van der Waals surface area (Å²) in [5.41, 5.74) is 14.5. The molecule has 4 rings (SSSR count). The van der Waals surface area contributed by atoms with Crippen molar-refractivity contribution in [2.75, 3.05) is 19.3 Å². The van der Waals surface area contributed by atoms with Crippen molar-refractivity contribution in [2.24, 2.45) is 5.73 Å². The van der Waals surface area contributed by atoms with Crippen LogP contribution in [-0.2, 0) is 21.9 Å². The number of nitriles is 1. The second-order valence-electron chi connectivity index (χ2n) is 9.54. The summed E-state index contributed by atoms with van der Waals surface area (Å²) in [6.45, 7) is 3.73. The first-order valence-electron chi connectivity index (χ1n) is 11.1. The van der Waals surface area contributed by atoms with Crippen LogP contribution in [0.15, 0.2) is 23.4 Å². The number of nitrogen functional groups attached to an aromatic ring is 1. The van der Waals surface area contributed by atoms with E-state index in [4.69, 9.17) is 21.5 Å². The van der Waals surface area contributed by atoms with Gasteiger partial charge in [-0.25, -0.2) is 18.4 Å². The van der Waals surface area contributed by atoms with Crippen molar-refractivity contribution in [2.45, 2.75) is 68.4 Å². The van der Waals surface area contributed by atoms with Gasteiger partial charge in [-0.2, -0.15) is 9.57 Å². The zero-order valence-electron chi connectivity index (χ0n) is 19.2. The number of anilines is 1. The molecule has 2 aliphatic rings. The monoisotopic (exact) mass is 470 g/mol. The Morgan fingerprint density at radius 2 is 1.94 bits per heavy atom. The molecular weight excluding hydrogens is 440 g/mol.